The molecule has 0 spiro atoms. The van der Waals surface area contributed by atoms with Crippen molar-refractivity contribution in [1.82, 2.24) is 10.2 Å². The molecule has 0 atom stereocenters. The molecular formula is C14H26N2O. The van der Waals surface area contributed by atoms with Crippen LogP contribution < -0.4 is 5.32 Å². The van der Waals surface area contributed by atoms with E-state index in [1.807, 2.05) is 11.1 Å². The predicted molar refractivity (Wildman–Crippen MR) is 71.8 cm³/mol. The van der Waals surface area contributed by atoms with E-state index in [1.165, 1.54) is 12.8 Å². The lowest BCUT2D eigenvalue weighted by Crippen LogP contribution is -2.38. The first-order valence-corrected chi connectivity index (χ1v) is 7.00. The molecule has 1 aliphatic carbocycles. The van der Waals surface area contributed by atoms with Crippen LogP contribution in [0.25, 0.3) is 0 Å². The average Bonchev–Trinajstić information content (AvgIpc) is 3.13. The highest BCUT2D eigenvalue weighted by Crippen LogP contribution is 2.29. The second-order valence-electron chi connectivity index (χ2n) is 4.84. The predicted octanol–water partition coefficient (Wildman–Crippen LogP) is 3.52. The number of nitrogens with one attached hydrogen (secondary N) is 1. The van der Waals surface area contributed by atoms with Crippen molar-refractivity contribution in [1.29, 1.82) is 0 Å². The van der Waals surface area contributed by atoms with E-state index in [-0.39, 0.29) is 6.03 Å². The van der Waals surface area contributed by atoms with Crippen molar-refractivity contribution < 1.29 is 4.79 Å². The van der Waals surface area contributed by atoms with Crippen molar-refractivity contribution in [2.75, 3.05) is 13.1 Å². The monoisotopic (exact) mass is 238 g/mol. The van der Waals surface area contributed by atoms with Crippen molar-refractivity contribution in [3.8, 4) is 0 Å². The fraction of sp³-hybridized carbons (Fsp3) is 0.786. The summed E-state index contributed by atoms with van der Waals surface area (Å²) >= 11 is 0. The molecule has 0 bridgehead atoms. The molecule has 0 heterocycles. The number of hydrogen-bond acceptors (Lipinski definition) is 1. The van der Waals surface area contributed by atoms with Crippen LogP contribution in [-0.2, 0) is 0 Å². The Bertz CT molecular complexity index is 239. The van der Waals surface area contributed by atoms with Gasteiger partial charge in [0, 0.05) is 19.3 Å². The number of amides is 2. The minimum absolute atomic E-state index is 0.0591. The molecule has 17 heavy (non-hydrogen) atoms. The molecule has 0 unspecified atom stereocenters. The summed E-state index contributed by atoms with van der Waals surface area (Å²) < 4.78 is 0. The van der Waals surface area contributed by atoms with Crippen LogP contribution in [0.4, 0.5) is 4.79 Å². The Kier molecular flexibility index (Phi) is 6.75. The minimum Gasteiger partial charge on any atom is -0.325 e. The first kappa shape index (κ1) is 14.1. The van der Waals surface area contributed by atoms with Crippen molar-refractivity contribution >= 4 is 6.03 Å². The third-order valence-corrected chi connectivity index (χ3v) is 3.05. The molecule has 1 aliphatic rings. The average molecular weight is 238 g/mol. The van der Waals surface area contributed by atoms with Crippen LogP contribution in [0.2, 0.25) is 0 Å². The maximum Gasteiger partial charge on any atom is 0.321 e. The molecule has 0 aromatic rings. The van der Waals surface area contributed by atoms with Gasteiger partial charge >= 0.3 is 6.03 Å². The highest BCUT2D eigenvalue weighted by atomic mass is 16.2. The number of carbonyl (C=O) groups excluding carboxylic acids is 1. The van der Waals surface area contributed by atoms with E-state index in [1.54, 1.807) is 0 Å². The van der Waals surface area contributed by atoms with Crippen LogP contribution >= 0.6 is 0 Å². The number of nitrogens with zero attached hydrogens (tertiary/aromatic N) is 1. The molecule has 1 saturated carbocycles. The fourth-order valence-corrected chi connectivity index (χ4v) is 1.65. The van der Waals surface area contributed by atoms with Gasteiger partial charge in [-0.2, -0.15) is 0 Å². The van der Waals surface area contributed by atoms with Gasteiger partial charge in [0.2, 0.25) is 0 Å². The fourth-order valence-electron chi connectivity index (χ4n) is 1.65. The highest BCUT2D eigenvalue weighted by Gasteiger charge is 2.17. The molecule has 3 heteroatoms. The number of unbranched alkanes of at least 4 members (excludes halogenated alkanes) is 2. The van der Waals surface area contributed by atoms with Gasteiger partial charge in [0.25, 0.3) is 0 Å². The molecule has 98 valence electrons. The maximum atomic E-state index is 11.9. The molecule has 3 nitrogen and oxygen atoms in total. The summed E-state index contributed by atoms with van der Waals surface area (Å²) in [5, 5.41) is 2.88. The number of carbonyl (C=O) groups is 1. The summed E-state index contributed by atoms with van der Waals surface area (Å²) in [5.74, 6) is 0.718. The standard InChI is InChI=1S/C14H26N2O/c1-3-5-11-16(12-6-4-2)14(17)15-10-9-13-7-8-13/h9-10,13H,3-8,11-12H2,1-2H3,(H,15,17)/b10-9+. The van der Waals surface area contributed by atoms with Crippen LogP contribution in [-0.4, -0.2) is 24.0 Å². The van der Waals surface area contributed by atoms with Crippen LogP contribution in [0.1, 0.15) is 52.4 Å². The molecule has 1 N–H and O–H groups in total. The molecule has 0 aromatic carbocycles. The van der Waals surface area contributed by atoms with E-state index in [0.29, 0.717) is 0 Å². The summed E-state index contributed by atoms with van der Waals surface area (Å²) in [6.07, 6.45) is 10.9. The zero-order chi connectivity index (χ0) is 12.5. The van der Waals surface area contributed by atoms with E-state index < -0.39 is 0 Å². The summed E-state index contributed by atoms with van der Waals surface area (Å²) in [7, 11) is 0. The third kappa shape index (κ3) is 6.35. The topological polar surface area (TPSA) is 32.3 Å². The number of urea groups is 1. The van der Waals surface area contributed by atoms with E-state index >= 15 is 0 Å². The van der Waals surface area contributed by atoms with Gasteiger partial charge in [-0.1, -0.05) is 32.8 Å². The maximum absolute atomic E-state index is 11.9. The molecule has 0 aromatic heterocycles. The normalized spacial score (nSPS) is 15.2. The molecule has 2 amide bonds. The second kappa shape index (κ2) is 8.15. The minimum atomic E-state index is 0.0591. The van der Waals surface area contributed by atoms with Crippen LogP contribution in [0, 0.1) is 5.92 Å². The van der Waals surface area contributed by atoms with Gasteiger partial charge in [-0.3, -0.25) is 0 Å². The van der Waals surface area contributed by atoms with Gasteiger partial charge in [0.15, 0.2) is 0 Å². The lowest BCUT2D eigenvalue weighted by molar-refractivity contribution is 0.199. The van der Waals surface area contributed by atoms with Crippen molar-refractivity contribution in [3.63, 3.8) is 0 Å². The Labute approximate surface area is 105 Å². The first-order valence-electron chi connectivity index (χ1n) is 7.00. The Morgan fingerprint density at radius 3 is 2.29 bits per heavy atom. The second-order valence-corrected chi connectivity index (χ2v) is 4.84. The van der Waals surface area contributed by atoms with Crippen LogP contribution in [0.3, 0.4) is 0 Å². The Hall–Kier alpha value is -0.990. The summed E-state index contributed by atoms with van der Waals surface area (Å²) in [4.78, 5) is 13.9. The first-order chi connectivity index (χ1) is 8.27. The smallest absolute Gasteiger partial charge is 0.321 e. The van der Waals surface area contributed by atoms with Gasteiger partial charge < -0.3 is 10.2 Å². The summed E-state index contributed by atoms with van der Waals surface area (Å²) in [6, 6.07) is 0.0591. The van der Waals surface area contributed by atoms with Crippen molar-refractivity contribution in [2.45, 2.75) is 52.4 Å². The lowest BCUT2D eigenvalue weighted by atomic mass is 10.3. The number of allylic oxidation sites excluding steroid dienone is 1. The molecule has 1 rings (SSSR count). The number of rotatable bonds is 8. The van der Waals surface area contributed by atoms with E-state index in [0.717, 1.165) is 44.7 Å². The Balaban J connectivity index is 2.28. The quantitative estimate of drug-likeness (QED) is 0.689. The summed E-state index contributed by atoms with van der Waals surface area (Å²) in [6.45, 7) is 6.06. The van der Waals surface area contributed by atoms with Gasteiger partial charge in [0.05, 0.1) is 0 Å². The van der Waals surface area contributed by atoms with Crippen molar-refractivity contribution in [3.05, 3.63) is 12.3 Å². The van der Waals surface area contributed by atoms with Gasteiger partial charge in [-0.15, -0.1) is 0 Å². The number of hydrogen-bond donors (Lipinski definition) is 1. The summed E-state index contributed by atoms with van der Waals surface area (Å²) in [5.41, 5.74) is 0. The molecule has 0 saturated heterocycles. The van der Waals surface area contributed by atoms with Gasteiger partial charge in [0.1, 0.15) is 0 Å². The lowest BCUT2D eigenvalue weighted by Gasteiger charge is -2.21. The largest absolute Gasteiger partial charge is 0.325 e. The SMILES string of the molecule is CCCCN(CCCC)C(=O)N/C=C/C1CC1. The van der Waals surface area contributed by atoms with Gasteiger partial charge in [-0.05, 0) is 31.6 Å². The highest BCUT2D eigenvalue weighted by molar-refractivity contribution is 5.75. The van der Waals surface area contributed by atoms with Crippen LogP contribution in [0.15, 0.2) is 12.3 Å². The third-order valence-electron chi connectivity index (χ3n) is 3.05. The van der Waals surface area contributed by atoms with Crippen LogP contribution in [0.5, 0.6) is 0 Å². The molecule has 0 radical (unpaired) electrons. The van der Waals surface area contributed by atoms with E-state index in [4.69, 9.17) is 0 Å². The zero-order valence-corrected chi connectivity index (χ0v) is 11.2. The Morgan fingerprint density at radius 1 is 1.24 bits per heavy atom. The molecule has 0 aliphatic heterocycles. The molecular weight excluding hydrogens is 212 g/mol. The zero-order valence-electron chi connectivity index (χ0n) is 11.2. The molecule has 1 fully saturated rings. The van der Waals surface area contributed by atoms with E-state index in [2.05, 4.69) is 25.2 Å². The van der Waals surface area contributed by atoms with Crippen molar-refractivity contribution in [2.24, 2.45) is 5.92 Å². The Morgan fingerprint density at radius 2 is 1.82 bits per heavy atom. The van der Waals surface area contributed by atoms with E-state index in [9.17, 15) is 4.79 Å². The van der Waals surface area contributed by atoms with Gasteiger partial charge in [-0.25, -0.2) is 4.79 Å².